The predicted molar refractivity (Wildman–Crippen MR) is 58.1 cm³/mol. The highest BCUT2D eigenvalue weighted by molar-refractivity contribution is 5.73. The van der Waals surface area contributed by atoms with Crippen LogP contribution in [0.15, 0.2) is 18.7 Å². The van der Waals surface area contributed by atoms with Gasteiger partial charge in [0.05, 0.1) is 12.9 Å². The van der Waals surface area contributed by atoms with E-state index in [9.17, 15) is 4.79 Å². The number of rotatable bonds is 7. The Morgan fingerprint density at radius 1 is 1.69 bits per heavy atom. The topological polar surface area (TPSA) is 76.4 Å². The number of hydrogen-bond donors (Lipinski definition) is 2. The first kappa shape index (κ1) is 12.7. The van der Waals surface area contributed by atoms with Crippen LogP contribution in [-0.4, -0.2) is 46.4 Å². The van der Waals surface area contributed by atoms with Crippen LogP contribution >= 0.6 is 0 Å². The molecule has 6 nitrogen and oxygen atoms in total. The van der Waals surface area contributed by atoms with Crippen LogP contribution in [0.3, 0.4) is 0 Å². The molecular formula is C10H17N3O3. The molecule has 0 amide bonds. The first-order valence-corrected chi connectivity index (χ1v) is 5.07. The van der Waals surface area contributed by atoms with Crippen LogP contribution in [0.25, 0.3) is 0 Å². The Labute approximate surface area is 94.2 Å². The summed E-state index contributed by atoms with van der Waals surface area (Å²) in [6.45, 7) is 2.75. The summed E-state index contributed by atoms with van der Waals surface area (Å²) in [5, 5.41) is 11.9. The van der Waals surface area contributed by atoms with Crippen molar-refractivity contribution < 1.29 is 14.6 Å². The summed E-state index contributed by atoms with van der Waals surface area (Å²) in [7, 11) is 1.48. The van der Waals surface area contributed by atoms with E-state index in [0.29, 0.717) is 6.54 Å². The normalized spacial score (nSPS) is 14.6. The number of carboxylic acid groups (broad SMARTS) is 1. The molecule has 0 radical (unpaired) electrons. The van der Waals surface area contributed by atoms with Gasteiger partial charge in [-0.05, 0) is 6.92 Å². The quantitative estimate of drug-likeness (QED) is 0.683. The summed E-state index contributed by atoms with van der Waals surface area (Å²) in [6.07, 6.45) is 5.23. The van der Waals surface area contributed by atoms with Crippen molar-refractivity contribution in [3.63, 3.8) is 0 Å². The highest BCUT2D eigenvalue weighted by Gasteiger charge is 2.19. The molecule has 2 unspecified atom stereocenters. The first-order chi connectivity index (χ1) is 7.63. The van der Waals surface area contributed by atoms with Gasteiger partial charge >= 0.3 is 5.97 Å². The summed E-state index contributed by atoms with van der Waals surface area (Å²) >= 11 is 0. The van der Waals surface area contributed by atoms with Crippen LogP contribution in [0.5, 0.6) is 0 Å². The number of nitrogens with one attached hydrogen (secondary N) is 1. The Kier molecular flexibility index (Phi) is 4.94. The van der Waals surface area contributed by atoms with E-state index in [1.165, 1.54) is 7.11 Å². The van der Waals surface area contributed by atoms with Crippen LogP contribution in [0.2, 0.25) is 0 Å². The summed E-state index contributed by atoms with van der Waals surface area (Å²) in [5.41, 5.74) is 0. The maximum absolute atomic E-state index is 10.9. The maximum atomic E-state index is 10.9. The third-order valence-electron chi connectivity index (χ3n) is 2.16. The molecule has 2 N–H and O–H groups in total. The van der Waals surface area contributed by atoms with Crippen molar-refractivity contribution in [2.24, 2.45) is 0 Å². The molecule has 0 bridgehead atoms. The highest BCUT2D eigenvalue weighted by Crippen LogP contribution is 1.95. The lowest BCUT2D eigenvalue weighted by molar-refractivity contribution is -0.141. The fourth-order valence-corrected chi connectivity index (χ4v) is 1.46. The second-order valence-corrected chi connectivity index (χ2v) is 3.67. The minimum Gasteiger partial charge on any atom is -0.480 e. The van der Waals surface area contributed by atoms with E-state index in [1.54, 1.807) is 12.5 Å². The number of hydrogen-bond acceptors (Lipinski definition) is 4. The molecule has 90 valence electrons. The Hall–Kier alpha value is -1.40. The molecule has 0 spiro atoms. The first-order valence-electron chi connectivity index (χ1n) is 5.07. The van der Waals surface area contributed by atoms with Crippen molar-refractivity contribution in [3.8, 4) is 0 Å². The number of aliphatic carboxylic acids is 1. The number of methoxy groups -OCH3 is 1. The van der Waals surface area contributed by atoms with Crippen molar-refractivity contribution in [1.29, 1.82) is 0 Å². The van der Waals surface area contributed by atoms with E-state index in [1.807, 2.05) is 17.7 Å². The van der Waals surface area contributed by atoms with E-state index in [-0.39, 0.29) is 12.6 Å². The lowest BCUT2D eigenvalue weighted by Crippen LogP contribution is -2.46. The minimum atomic E-state index is -0.903. The SMILES string of the molecule is COCC(NC(C)Cn1ccnc1)C(=O)O. The number of carbonyl (C=O) groups is 1. The van der Waals surface area contributed by atoms with E-state index in [4.69, 9.17) is 9.84 Å². The molecule has 0 aliphatic carbocycles. The van der Waals surface area contributed by atoms with Gasteiger partial charge in [0.2, 0.25) is 0 Å². The second kappa shape index (κ2) is 6.24. The maximum Gasteiger partial charge on any atom is 0.323 e. The van der Waals surface area contributed by atoms with Crippen molar-refractivity contribution in [1.82, 2.24) is 14.9 Å². The number of carboxylic acids is 1. The number of nitrogens with zero attached hydrogens (tertiary/aromatic N) is 2. The molecule has 1 heterocycles. The lowest BCUT2D eigenvalue weighted by Gasteiger charge is -2.19. The Bertz CT molecular complexity index is 313. The highest BCUT2D eigenvalue weighted by atomic mass is 16.5. The molecule has 0 saturated heterocycles. The zero-order chi connectivity index (χ0) is 12.0. The number of ether oxygens (including phenoxy) is 1. The summed E-state index contributed by atoms with van der Waals surface area (Å²) in [5.74, 6) is -0.903. The van der Waals surface area contributed by atoms with Gasteiger partial charge in [-0.2, -0.15) is 0 Å². The molecule has 2 atom stereocenters. The van der Waals surface area contributed by atoms with Crippen LogP contribution in [0, 0.1) is 0 Å². The predicted octanol–water partition coefficient (Wildman–Crippen LogP) is -0.0392. The second-order valence-electron chi connectivity index (χ2n) is 3.67. The van der Waals surface area contributed by atoms with E-state index in [2.05, 4.69) is 10.3 Å². The number of imidazole rings is 1. The zero-order valence-electron chi connectivity index (χ0n) is 9.46. The van der Waals surface area contributed by atoms with Gasteiger partial charge in [-0.1, -0.05) is 0 Å². The largest absolute Gasteiger partial charge is 0.480 e. The fourth-order valence-electron chi connectivity index (χ4n) is 1.46. The Morgan fingerprint density at radius 3 is 2.94 bits per heavy atom. The minimum absolute atomic E-state index is 0.0328. The molecule has 6 heteroatoms. The van der Waals surface area contributed by atoms with E-state index >= 15 is 0 Å². The third-order valence-corrected chi connectivity index (χ3v) is 2.16. The third kappa shape index (κ3) is 4.00. The van der Waals surface area contributed by atoms with E-state index < -0.39 is 12.0 Å². The summed E-state index contributed by atoms with van der Waals surface area (Å²) in [6, 6.07) is -0.644. The van der Waals surface area contributed by atoms with Crippen LogP contribution in [0.1, 0.15) is 6.92 Å². The van der Waals surface area contributed by atoms with Crippen molar-refractivity contribution in [3.05, 3.63) is 18.7 Å². The average molecular weight is 227 g/mol. The smallest absolute Gasteiger partial charge is 0.323 e. The fraction of sp³-hybridized carbons (Fsp3) is 0.600. The Morgan fingerprint density at radius 2 is 2.44 bits per heavy atom. The van der Waals surface area contributed by atoms with Gasteiger partial charge in [-0.15, -0.1) is 0 Å². The molecule has 16 heavy (non-hydrogen) atoms. The molecule has 1 aromatic rings. The zero-order valence-corrected chi connectivity index (χ0v) is 9.46. The summed E-state index contributed by atoms with van der Waals surface area (Å²) < 4.78 is 6.73. The van der Waals surface area contributed by atoms with Gasteiger partial charge in [-0.3, -0.25) is 10.1 Å². The molecule has 0 aliphatic rings. The molecule has 0 aliphatic heterocycles. The lowest BCUT2D eigenvalue weighted by atomic mass is 10.2. The standard InChI is InChI=1S/C10H17N3O3/c1-8(5-13-4-3-11-7-13)12-9(6-16-2)10(14)15/h3-4,7-9,12H,5-6H2,1-2H3,(H,14,15). The molecular weight excluding hydrogens is 210 g/mol. The van der Waals surface area contributed by atoms with Crippen molar-refractivity contribution in [2.45, 2.75) is 25.6 Å². The van der Waals surface area contributed by atoms with Gasteiger partial charge in [0, 0.05) is 32.1 Å². The monoisotopic (exact) mass is 227 g/mol. The van der Waals surface area contributed by atoms with Gasteiger partial charge < -0.3 is 14.4 Å². The molecule has 0 aromatic carbocycles. The van der Waals surface area contributed by atoms with Gasteiger partial charge in [0.25, 0.3) is 0 Å². The van der Waals surface area contributed by atoms with Gasteiger partial charge in [0.1, 0.15) is 6.04 Å². The Balaban J connectivity index is 2.42. The van der Waals surface area contributed by atoms with Gasteiger partial charge in [-0.25, -0.2) is 4.98 Å². The van der Waals surface area contributed by atoms with Crippen LogP contribution < -0.4 is 5.32 Å². The van der Waals surface area contributed by atoms with Crippen molar-refractivity contribution >= 4 is 5.97 Å². The average Bonchev–Trinajstić information content (AvgIpc) is 2.69. The summed E-state index contributed by atoms with van der Waals surface area (Å²) in [4.78, 5) is 14.8. The van der Waals surface area contributed by atoms with Crippen molar-refractivity contribution in [2.75, 3.05) is 13.7 Å². The molecule has 1 aromatic heterocycles. The molecule has 0 saturated carbocycles. The van der Waals surface area contributed by atoms with Gasteiger partial charge in [0.15, 0.2) is 0 Å². The number of aromatic nitrogens is 2. The van der Waals surface area contributed by atoms with Crippen LogP contribution in [0.4, 0.5) is 0 Å². The molecule has 1 rings (SSSR count). The molecule has 0 fully saturated rings. The van der Waals surface area contributed by atoms with Crippen LogP contribution in [-0.2, 0) is 16.1 Å². The van der Waals surface area contributed by atoms with E-state index in [0.717, 1.165) is 0 Å².